The molecule has 0 atom stereocenters. The molecule has 1 N–H and O–H groups in total. The zero-order valence-corrected chi connectivity index (χ0v) is 15.3. The van der Waals surface area contributed by atoms with E-state index in [1.54, 1.807) is 6.33 Å². The van der Waals surface area contributed by atoms with Gasteiger partial charge in [-0.05, 0) is 36.4 Å². The zero-order valence-electron chi connectivity index (χ0n) is 14.5. The molecule has 132 valence electrons. The highest BCUT2D eigenvalue weighted by atomic mass is 35.5. The van der Waals surface area contributed by atoms with Crippen LogP contribution in [0.3, 0.4) is 0 Å². The van der Waals surface area contributed by atoms with Crippen LogP contribution >= 0.6 is 11.6 Å². The van der Waals surface area contributed by atoms with Crippen LogP contribution in [0.4, 0.5) is 5.69 Å². The van der Waals surface area contributed by atoms with Crippen LogP contribution in [0.25, 0.3) is 22.1 Å². The van der Waals surface area contributed by atoms with Crippen molar-refractivity contribution in [2.45, 2.75) is 12.8 Å². The standard InChI is InChI=1S/C19H18ClN5O/c1-24-11-21-14-5-4-13(10-17(14)24)22-19(26)8-7-18-23-15-9-12(20)3-6-16(15)25(18)2/h3-6,9-11H,7-8H2,1-2H3,(H,22,26). The van der Waals surface area contributed by atoms with Crippen molar-refractivity contribution in [2.24, 2.45) is 14.1 Å². The second-order valence-electron chi connectivity index (χ2n) is 6.33. The molecule has 0 aliphatic rings. The molecule has 2 aromatic carbocycles. The van der Waals surface area contributed by atoms with Crippen molar-refractivity contribution in [3.05, 3.63) is 53.6 Å². The number of amides is 1. The van der Waals surface area contributed by atoms with Crippen molar-refractivity contribution in [2.75, 3.05) is 5.32 Å². The van der Waals surface area contributed by atoms with Gasteiger partial charge in [-0.2, -0.15) is 0 Å². The summed E-state index contributed by atoms with van der Waals surface area (Å²) in [7, 11) is 3.88. The minimum absolute atomic E-state index is 0.0448. The first-order chi connectivity index (χ1) is 12.5. The van der Waals surface area contributed by atoms with Crippen molar-refractivity contribution in [3.63, 3.8) is 0 Å². The summed E-state index contributed by atoms with van der Waals surface area (Å²) in [5.41, 5.74) is 4.50. The monoisotopic (exact) mass is 367 g/mol. The highest BCUT2D eigenvalue weighted by molar-refractivity contribution is 6.31. The van der Waals surface area contributed by atoms with Crippen LogP contribution in [-0.2, 0) is 25.3 Å². The Balaban J connectivity index is 1.46. The Kier molecular flexibility index (Phi) is 4.12. The van der Waals surface area contributed by atoms with E-state index < -0.39 is 0 Å². The minimum Gasteiger partial charge on any atom is -0.334 e. The third-order valence-electron chi connectivity index (χ3n) is 4.52. The lowest BCUT2D eigenvalue weighted by atomic mass is 10.2. The minimum atomic E-state index is -0.0448. The Morgan fingerprint density at radius 2 is 1.96 bits per heavy atom. The second-order valence-corrected chi connectivity index (χ2v) is 6.76. The average molecular weight is 368 g/mol. The van der Waals surface area contributed by atoms with Crippen LogP contribution in [-0.4, -0.2) is 25.0 Å². The predicted molar refractivity (Wildman–Crippen MR) is 103 cm³/mol. The normalized spacial score (nSPS) is 11.3. The van der Waals surface area contributed by atoms with Crippen LogP contribution in [0, 0.1) is 0 Å². The summed E-state index contributed by atoms with van der Waals surface area (Å²) in [4.78, 5) is 21.2. The quantitative estimate of drug-likeness (QED) is 0.598. The molecule has 0 unspecified atom stereocenters. The molecule has 6 nitrogen and oxygen atoms in total. The highest BCUT2D eigenvalue weighted by Crippen LogP contribution is 2.21. The first-order valence-electron chi connectivity index (χ1n) is 8.33. The number of anilines is 1. The maximum atomic E-state index is 12.3. The fourth-order valence-corrected chi connectivity index (χ4v) is 3.27. The van der Waals surface area contributed by atoms with Gasteiger partial charge in [0.15, 0.2) is 0 Å². The topological polar surface area (TPSA) is 64.7 Å². The Morgan fingerprint density at radius 3 is 2.81 bits per heavy atom. The lowest BCUT2D eigenvalue weighted by molar-refractivity contribution is -0.116. The number of hydrogen-bond donors (Lipinski definition) is 1. The zero-order chi connectivity index (χ0) is 18.3. The van der Waals surface area contributed by atoms with E-state index >= 15 is 0 Å². The first kappa shape index (κ1) is 16.6. The molecular formula is C19H18ClN5O. The number of benzene rings is 2. The maximum absolute atomic E-state index is 12.3. The Morgan fingerprint density at radius 1 is 1.12 bits per heavy atom. The number of aryl methyl sites for hydroxylation is 3. The molecule has 26 heavy (non-hydrogen) atoms. The lowest BCUT2D eigenvalue weighted by Gasteiger charge is -2.06. The molecule has 0 saturated heterocycles. The number of fused-ring (bicyclic) bond motifs is 2. The molecule has 4 aromatic rings. The molecule has 0 fully saturated rings. The molecule has 2 aromatic heterocycles. The Hall–Kier alpha value is -2.86. The molecular weight excluding hydrogens is 350 g/mol. The summed E-state index contributed by atoms with van der Waals surface area (Å²) in [6.45, 7) is 0. The van der Waals surface area contributed by atoms with Gasteiger partial charge in [0.25, 0.3) is 0 Å². The van der Waals surface area contributed by atoms with Crippen LogP contribution in [0.5, 0.6) is 0 Å². The number of carbonyl (C=O) groups is 1. The van der Waals surface area contributed by atoms with Gasteiger partial charge in [-0.15, -0.1) is 0 Å². The number of aromatic nitrogens is 4. The van der Waals surface area contributed by atoms with Crippen LogP contribution < -0.4 is 5.32 Å². The summed E-state index contributed by atoms with van der Waals surface area (Å²) < 4.78 is 3.93. The van der Waals surface area contributed by atoms with Crippen molar-refractivity contribution < 1.29 is 4.79 Å². The fraction of sp³-hybridized carbons (Fsp3) is 0.211. The Labute approximate surface area is 155 Å². The number of nitrogens with one attached hydrogen (secondary N) is 1. The molecule has 0 aliphatic heterocycles. The van der Waals surface area contributed by atoms with Gasteiger partial charge >= 0.3 is 0 Å². The molecule has 4 rings (SSSR count). The van der Waals surface area contributed by atoms with E-state index in [1.165, 1.54) is 0 Å². The molecule has 0 aliphatic carbocycles. The summed E-state index contributed by atoms with van der Waals surface area (Å²) in [6, 6.07) is 11.3. The molecule has 0 saturated carbocycles. The predicted octanol–water partition coefficient (Wildman–Crippen LogP) is 3.68. The van der Waals surface area contributed by atoms with Gasteiger partial charge in [0.05, 0.1) is 28.4 Å². The first-order valence-corrected chi connectivity index (χ1v) is 8.71. The van der Waals surface area contributed by atoms with Crippen molar-refractivity contribution in [3.8, 4) is 0 Å². The number of halogens is 1. The van der Waals surface area contributed by atoms with Crippen LogP contribution in [0.1, 0.15) is 12.2 Å². The lowest BCUT2D eigenvalue weighted by Crippen LogP contribution is -2.13. The van der Waals surface area contributed by atoms with E-state index in [2.05, 4.69) is 15.3 Å². The maximum Gasteiger partial charge on any atom is 0.224 e. The number of imidazole rings is 2. The van der Waals surface area contributed by atoms with Crippen molar-refractivity contribution in [1.29, 1.82) is 0 Å². The second kappa shape index (κ2) is 6.46. The third kappa shape index (κ3) is 3.04. The molecule has 1 amide bonds. The Bertz CT molecular complexity index is 1130. The third-order valence-corrected chi connectivity index (χ3v) is 4.76. The van der Waals surface area contributed by atoms with E-state index in [0.717, 1.165) is 33.6 Å². The fourth-order valence-electron chi connectivity index (χ4n) is 3.10. The smallest absolute Gasteiger partial charge is 0.224 e. The molecule has 0 bridgehead atoms. The summed E-state index contributed by atoms with van der Waals surface area (Å²) in [6.07, 6.45) is 2.67. The molecule has 0 radical (unpaired) electrons. The van der Waals surface area contributed by atoms with Gasteiger partial charge in [-0.3, -0.25) is 4.79 Å². The van der Waals surface area contributed by atoms with E-state index in [1.807, 2.05) is 59.6 Å². The van der Waals surface area contributed by atoms with Crippen LogP contribution in [0.2, 0.25) is 5.02 Å². The number of nitrogens with zero attached hydrogens (tertiary/aromatic N) is 4. The largest absolute Gasteiger partial charge is 0.334 e. The van der Waals surface area contributed by atoms with Gasteiger partial charge in [-0.1, -0.05) is 11.6 Å². The SMILES string of the molecule is Cn1cnc2ccc(NC(=O)CCc3nc4cc(Cl)ccc4n3C)cc21. The van der Waals surface area contributed by atoms with E-state index in [0.29, 0.717) is 17.9 Å². The molecule has 7 heteroatoms. The molecule has 2 heterocycles. The van der Waals surface area contributed by atoms with E-state index in [-0.39, 0.29) is 5.91 Å². The number of hydrogen-bond acceptors (Lipinski definition) is 3. The molecule has 0 spiro atoms. The highest BCUT2D eigenvalue weighted by Gasteiger charge is 2.11. The van der Waals surface area contributed by atoms with Gasteiger partial charge in [0, 0.05) is 37.6 Å². The van der Waals surface area contributed by atoms with Gasteiger partial charge in [0.2, 0.25) is 5.91 Å². The van der Waals surface area contributed by atoms with E-state index in [9.17, 15) is 4.79 Å². The van der Waals surface area contributed by atoms with Crippen molar-refractivity contribution >= 4 is 45.3 Å². The van der Waals surface area contributed by atoms with Crippen molar-refractivity contribution in [1.82, 2.24) is 19.1 Å². The summed E-state index contributed by atoms with van der Waals surface area (Å²) >= 11 is 6.02. The van der Waals surface area contributed by atoms with Crippen LogP contribution in [0.15, 0.2) is 42.7 Å². The number of rotatable bonds is 4. The summed E-state index contributed by atoms with van der Waals surface area (Å²) in [5, 5.41) is 3.60. The number of carbonyl (C=O) groups excluding carboxylic acids is 1. The van der Waals surface area contributed by atoms with Gasteiger partial charge in [-0.25, -0.2) is 9.97 Å². The summed E-state index contributed by atoms with van der Waals surface area (Å²) in [5.74, 6) is 0.816. The van der Waals surface area contributed by atoms with Gasteiger partial charge < -0.3 is 14.5 Å². The van der Waals surface area contributed by atoms with Gasteiger partial charge in [0.1, 0.15) is 5.82 Å². The average Bonchev–Trinajstić information content (AvgIpc) is 3.13. The van der Waals surface area contributed by atoms with E-state index in [4.69, 9.17) is 11.6 Å².